The average molecular weight is 456 g/mol. The number of benzene rings is 2. The van der Waals surface area contributed by atoms with Gasteiger partial charge in [0, 0.05) is 0 Å². The molecule has 0 radical (unpaired) electrons. The van der Waals surface area contributed by atoms with Crippen LogP contribution < -0.4 is 0 Å². The summed E-state index contributed by atoms with van der Waals surface area (Å²) < 4.78 is 3.01. The van der Waals surface area contributed by atoms with Crippen molar-refractivity contribution >= 4 is 14.8 Å². The van der Waals surface area contributed by atoms with Gasteiger partial charge >= 0.3 is 0 Å². The van der Waals surface area contributed by atoms with Gasteiger partial charge in [0.1, 0.15) is 0 Å². The Hall–Kier alpha value is -0.740. The van der Waals surface area contributed by atoms with Gasteiger partial charge in [0.05, 0.1) is 30.2 Å². The fraction of sp³-hybridized carbons (Fsp3) is 0.500. The maximum absolute atomic E-state index is 5.20. The summed E-state index contributed by atoms with van der Waals surface area (Å²) in [5, 5.41) is 0. The van der Waals surface area contributed by atoms with Gasteiger partial charge < -0.3 is 0 Å². The monoisotopic (exact) mass is 455 g/mol. The molecule has 3 heteroatoms. The highest BCUT2D eigenvalue weighted by Gasteiger charge is 2.56. The molecule has 1 fully saturated rings. The van der Waals surface area contributed by atoms with Gasteiger partial charge in [-0.1, -0.05) is 87.9 Å². The molecule has 1 aliphatic rings. The van der Waals surface area contributed by atoms with Crippen LogP contribution in [0.1, 0.15) is 70.4 Å². The number of unbranched alkanes of at least 4 members (excludes halogenated alkanes) is 1. The maximum atomic E-state index is 5.20. The first kappa shape index (κ1) is 24.9. The lowest BCUT2D eigenvalue weighted by molar-refractivity contribution is 0.604. The van der Waals surface area contributed by atoms with Crippen molar-refractivity contribution in [2.45, 2.75) is 82.9 Å². The van der Waals surface area contributed by atoms with Crippen molar-refractivity contribution in [1.82, 2.24) is 4.44 Å². The van der Waals surface area contributed by atoms with Gasteiger partial charge in [0.25, 0.3) is 0 Å². The second kappa shape index (κ2) is 11.4. The zero-order chi connectivity index (χ0) is 22.3. The first-order valence-corrected chi connectivity index (χ1v) is 16.6. The molecule has 2 atom stereocenters. The Morgan fingerprint density at radius 3 is 1.68 bits per heavy atom. The predicted molar refractivity (Wildman–Crippen MR) is 144 cm³/mol. The number of nitrogens with zero attached hydrogens (tertiary/aromatic N) is 1. The van der Waals surface area contributed by atoms with E-state index in [0.717, 1.165) is 23.6 Å². The zero-order valence-corrected chi connectivity index (χ0v) is 21.8. The van der Waals surface area contributed by atoms with Gasteiger partial charge in [0.2, 0.25) is 0 Å². The van der Waals surface area contributed by atoms with Crippen LogP contribution in [0.3, 0.4) is 0 Å². The van der Waals surface area contributed by atoms with E-state index in [9.17, 15) is 0 Å². The van der Waals surface area contributed by atoms with E-state index in [2.05, 4.69) is 85.9 Å². The van der Waals surface area contributed by atoms with Crippen LogP contribution in [0.15, 0.2) is 60.7 Å². The highest BCUT2D eigenvalue weighted by molar-refractivity contribution is 7.89. The lowest BCUT2D eigenvalue weighted by Gasteiger charge is -2.52. The third kappa shape index (κ3) is 5.61. The summed E-state index contributed by atoms with van der Waals surface area (Å²) in [5.41, 5.74) is 4.44. The molecule has 170 valence electrons. The van der Waals surface area contributed by atoms with Crippen molar-refractivity contribution in [2.75, 3.05) is 6.54 Å². The molecule has 1 saturated heterocycles. The van der Waals surface area contributed by atoms with Gasteiger partial charge in [-0.2, -0.15) is 13.3 Å². The minimum atomic E-state index is -1.70. The Morgan fingerprint density at radius 2 is 1.29 bits per heavy atom. The molecule has 0 unspecified atom stereocenters. The lowest BCUT2D eigenvalue weighted by atomic mass is 10.1. The van der Waals surface area contributed by atoms with Crippen molar-refractivity contribution in [3.8, 4) is 0 Å². The van der Waals surface area contributed by atoms with Gasteiger partial charge in [-0.05, 0) is 58.1 Å². The maximum Gasteiger partial charge on any atom is 0.0769 e. The van der Waals surface area contributed by atoms with E-state index in [1.54, 1.807) is 0 Å². The molecule has 1 heterocycles. The molecule has 0 bridgehead atoms. The van der Waals surface area contributed by atoms with Crippen molar-refractivity contribution in [2.24, 2.45) is 0 Å². The summed E-state index contributed by atoms with van der Waals surface area (Å²) in [4.78, 5) is 0. The van der Waals surface area contributed by atoms with E-state index in [-0.39, 0.29) is 0 Å². The molecule has 0 spiro atoms. The summed E-state index contributed by atoms with van der Waals surface area (Å²) in [6.07, 6.45) is 9.95. The predicted octanol–water partition coefficient (Wildman–Crippen LogP) is 9.29. The van der Waals surface area contributed by atoms with Crippen molar-refractivity contribution in [3.05, 3.63) is 85.1 Å². The Labute approximate surface area is 193 Å². The van der Waals surface area contributed by atoms with Crippen LogP contribution in [0.5, 0.6) is 0 Å². The molecule has 0 N–H and O–H groups in total. The molecule has 1 nitrogen and oxygen atoms in total. The molecular weight excluding hydrogens is 412 g/mol. The van der Waals surface area contributed by atoms with Gasteiger partial charge in [-0.3, -0.25) is 0 Å². The molecule has 0 aromatic heterocycles. The van der Waals surface area contributed by atoms with Crippen molar-refractivity contribution in [3.63, 3.8) is 0 Å². The Balaban J connectivity index is 2.08. The standard InChI is InChI=1S/C28H43NP2/c1-6-9-22-29(31(5)27(7-2)20-21-28(31)8-3)30(4,23-25-16-12-10-13-17-25)24-26-18-14-11-15-19-26/h10-19,27-28H,4-9,20-24H2,1-3H3/t27-,28-/m1/s1. The van der Waals surface area contributed by atoms with Crippen molar-refractivity contribution < 1.29 is 0 Å². The lowest BCUT2D eigenvalue weighted by Crippen LogP contribution is -2.33. The smallest absolute Gasteiger partial charge is 0.0769 e. The summed E-state index contributed by atoms with van der Waals surface area (Å²) >= 11 is 0. The number of hydrogen-bond donors (Lipinski definition) is 0. The normalized spacial score (nSPS) is 21.0. The van der Waals surface area contributed by atoms with Crippen LogP contribution in [0.25, 0.3) is 0 Å². The topological polar surface area (TPSA) is 3.24 Å². The molecule has 2 aromatic carbocycles. The minimum absolute atomic E-state index is 0.780. The Bertz CT molecular complexity index is 723. The summed E-state index contributed by atoms with van der Waals surface area (Å²) in [6.45, 7) is 18.7. The van der Waals surface area contributed by atoms with E-state index in [0.29, 0.717) is 0 Å². The first-order chi connectivity index (χ1) is 15.0. The fourth-order valence-electron chi connectivity index (χ4n) is 5.66. The van der Waals surface area contributed by atoms with Crippen LogP contribution in [0, 0.1) is 13.3 Å². The third-order valence-electron chi connectivity index (χ3n) is 7.31. The quantitative estimate of drug-likeness (QED) is 0.241. The van der Waals surface area contributed by atoms with Gasteiger partial charge in [-0.25, -0.2) is 0 Å². The van der Waals surface area contributed by atoms with E-state index in [1.807, 2.05) is 0 Å². The van der Waals surface area contributed by atoms with Gasteiger partial charge in [-0.15, -0.1) is 4.44 Å². The highest BCUT2D eigenvalue weighted by atomic mass is 31.2. The highest BCUT2D eigenvalue weighted by Crippen LogP contribution is 2.86. The molecular formula is C28H43NP2. The van der Waals surface area contributed by atoms with Crippen LogP contribution in [0.2, 0.25) is 0 Å². The van der Waals surface area contributed by atoms with E-state index in [4.69, 9.17) is 13.3 Å². The van der Waals surface area contributed by atoms with Crippen LogP contribution in [0.4, 0.5) is 0 Å². The average Bonchev–Trinajstić information content (AvgIpc) is 3.11. The summed E-state index contributed by atoms with van der Waals surface area (Å²) in [6, 6.07) is 22.2. The minimum Gasteiger partial charge on any atom is -0.159 e. The second-order valence-corrected chi connectivity index (χ2v) is 16.8. The second-order valence-electron chi connectivity index (χ2n) is 9.42. The fourth-order valence-corrected chi connectivity index (χ4v) is 16.9. The first-order valence-electron chi connectivity index (χ1n) is 12.3. The van der Waals surface area contributed by atoms with E-state index < -0.39 is 14.8 Å². The largest absolute Gasteiger partial charge is 0.159 e. The van der Waals surface area contributed by atoms with Crippen LogP contribution in [-0.4, -0.2) is 22.3 Å². The molecule has 0 saturated carbocycles. The number of rotatable bonds is 11. The summed E-state index contributed by atoms with van der Waals surface area (Å²) in [5.74, 6) is 0. The molecule has 3 rings (SSSR count). The van der Waals surface area contributed by atoms with Crippen molar-refractivity contribution in [1.29, 1.82) is 0 Å². The molecule has 31 heavy (non-hydrogen) atoms. The molecule has 0 amide bonds. The Kier molecular flexibility index (Phi) is 9.16. The Morgan fingerprint density at radius 1 is 0.839 bits per heavy atom. The summed E-state index contributed by atoms with van der Waals surface area (Å²) in [7, 11) is -3.20. The molecule has 2 aromatic rings. The van der Waals surface area contributed by atoms with E-state index in [1.165, 1.54) is 56.2 Å². The molecule has 0 aliphatic carbocycles. The van der Waals surface area contributed by atoms with E-state index >= 15 is 0 Å². The molecule has 1 aliphatic heterocycles. The van der Waals surface area contributed by atoms with Crippen LogP contribution in [-0.2, 0) is 12.3 Å². The van der Waals surface area contributed by atoms with Gasteiger partial charge in [0.15, 0.2) is 0 Å². The van der Waals surface area contributed by atoms with Crippen LogP contribution >= 0.6 is 14.8 Å². The third-order valence-corrected chi connectivity index (χ3v) is 17.4. The number of hydrogen-bond acceptors (Lipinski definition) is 1. The zero-order valence-electron chi connectivity index (χ0n) is 20.0. The SMILES string of the molecule is [CH2-][P+](Cc1ccccc1)(Cc1ccccc1)N(CCCC)[P+]1([CH2-])[C@H](CC)CC[C@H]1CC.